The predicted octanol–water partition coefficient (Wildman–Crippen LogP) is -1.63. The minimum absolute atomic E-state index is 0.0251. The van der Waals surface area contributed by atoms with Gasteiger partial charge < -0.3 is 46.2 Å². The molecule has 3 atom stereocenters. The van der Waals surface area contributed by atoms with E-state index in [0.29, 0.717) is 4.90 Å². The number of carbonyl (C=O) groups excluding carboxylic acids is 3. The van der Waals surface area contributed by atoms with Crippen LogP contribution >= 0.6 is 67.8 Å². The van der Waals surface area contributed by atoms with Gasteiger partial charge in [0.2, 0.25) is 5.91 Å². The quantitative estimate of drug-likeness (QED) is 0.114. The lowest BCUT2D eigenvalue weighted by Crippen LogP contribution is -2.41. The number of nitrogens with zero attached hydrogens (tertiary/aromatic N) is 1. The highest BCUT2D eigenvalue weighted by Gasteiger charge is 2.32. The summed E-state index contributed by atoms with van der Waals surface area (Å²) in [5.74, 6) is -3.10. The van der Waals surface area contributed by atoms with Crippen molar-refractivity contribution in [1.82, 2.24) is 10.6 Å². The molecule has 3 unspecified atom stereocenters. The van der Waals surface area contributed by atoms with Crippen molar-refractivity contribution in [2.75, 3.05) is 44.4 Å². The number of anilines is 1. The van der Waals surface area contributed by atoms with E-state index in [-0.39, 0.29) is 40.6 Å². The van der Waals surface area contributed by atoms with Crippen molar-refractivity contribution in [2.45, 2.75) is 25.2 Å². The molecule has 1 aromatic carbocycles. The van der Waals surface area contributed by atoms with Gasteiger partial charge in [-0.3, -0.25) is 14.4 Å². The topological polar surface area (TPSA) is 200 Å². The fourth-order valence-electron chi connectivity index (χ4n) is 2.56. The van der Waals surface area contributed by atoms with Gasteiger partial charge in [-0.05, 0) is 67.8 Å². The van der Waals surface area contributed by atoms with E-state index in [0.717, 1.165) is 0 Å². The molecule has 0 aromatic heterocycles. The fraction of sp³-hybridized carbons (Fsp3) is 0.526. The first kappa shape index (κ1) is 26.6. The number of hydrogen-bond acceptors (Lipinski definition) is 9. The van der Waals surface area contributed by atoms with Crippen LogP contribution in [0.1, 0.15) is 31.7 Å². The second kappa shape index (κ2) is 15.0. The van der Waals surface area contributed by atoms with Crippen molar-refractivity contribution >= 4 is 91.2 Å². The Morgan fingerprint density at radius 3 is 1.59 bits per heavy atom. The maximum absolute atomic E-state index is 13.1. The lowest BCUT2D eigenvalue weighted by Gasteiger charge is -2.28. The molecule has 3 amide bonds. The van der Waals surface area contributed by atoms with Crippen LogP contribution in [0, 0.1) is 10.7 Å². The Hall–Kier alpha value is -0.420. The molecule has 34 heavy (non-hydrogen) atoms. The zero-order valence-electron chi connectivity index (χ0n) is 20.5. The molecule has 0 aliphatic carbocycles. The standard InChI is InChI=1S/C19H26I3N3O9/c1-8(29)25(4-11(32)7-28)17-15(21)12(18(33)23-2-9(30)5-26)14(20)13(16(17)22)19(34)24-3-10(31)6-27/h9-11,26-28,30-32H,2-7H2,1H3,(H,23,33)(H,24,34)/i1D3. The summed E-state index contributed by atoms with van der Waals surface area (Å²) >= 11 is 5.06. The van der Waals surface area contributed by atoms with E-state index >= 15 is 0 Å². The Morgan fingerprint density at radius 2 is 1.24 bits per heavy atom. The van der Waals surface area contributed by atoms with Crippen LogP contribution in [0.25, 0.3) is 0 Å². The summed E-state index contributed by atoms with van der Waals surface area (Å²) in [7, 11) is 0. The van der Waals surface area contributed by atoms with Gasteiger partial charge in [-0.2, -0.15) is 0 Å². The molecule has 15 heteroatoms. The molecular weight excluding hydrogens is 795 g/mol. The number of hydrogen-bond donors (Lipinski definition) is 8. The molecule has 8 N–H and O–H groups in total. The third-order valence-corrected chi connectivity index (χ3v) is 7.46. The molecule has 0 aliphatic heterocycles. The van der Waals surface area contributed by atoms with Crippen molar-refractivity contribution in [3.05, 3.63) is 21.8 Å². The number of amides is 3. The molecule has 0 radical (unpaired) electrons. The van der Waals surface area contributed by atoms with Crippen molar-refractivity contribution in [3.8, 4) is 0 Å². The van der Waals surface area contributed by atoms with Gasteiger partial charge >= 0.3 is 0 Å². The SMILES string of the molecule is [2H]C([2H])([2H])C(=O)N(CC(O)CO)c1c(I)c(C(=O)NCC(O)CO)c(I)c(C(=O)NCC(O)CO)c1I. The predicted molar refractivity (Wildman–Crippen MR) is 147 cm³/mol. The average Bonchev–Trinajstić information content (AvgIpc) is 2.83. The Morgan fingerprint density at radius 1 is 0.824 bits per heavy atom. The Bertz CT molecular complexity index is 948. The summed E-state index contributed by atoms with van der Waals surface area (Å²) in [5.41, 5.74) is -0.538. The summed E-state index contributed by atoms with van der Waals surface area (Å²) in [6, 6.07) is 0. The molecular formula is C19H26I3N3O9. The Kier molecular flexibility index (Phi) is 11.7. The van der Waals surface area contributed by atoms with Gasteiger partial charge in [-0.1, -0.05) is 0 Å². The largest absolute Gasteiger partial charge is 0.394 e. The highest BCUT2D eigenvalue weighted by molar-refractivity contribution is 14.1. The molecule has 0 spiro atoms. The molecule has 0 heterocycles. The summed E-state index contributed by atoms with van der Waals surface area (Å²) in [4.78, 5) is 39.8. The van der Waals surface area contributed by atoms with Crippen LogP contribution in [0.5, 0.6) is 0 Å². The summed E-state index contributed by atoms with van der Waals surface area (Å²) in [5, 5.41) is 61.4. The van der Waals surface area contributed by atoms with Crippen LogP contribution in [-0.2, 0) is 4.79 Å². The van der Waals surface area contributed by atoms with E-state index in [4.69, 9.17) is 14.3 Å². The molecule has 0 aliphatic rings. The van der Waals surface area contributed by atoms with E-state index in [1.165, 1.54) is 0 Å². The highest BCUT2D eigenvalue weighted by atomic mass is 127. The van der Waals surface area contributed by atoms with Gasteiger partial charge in [-0.25, -0.2) is 0 Å². The van der Waals surface area contributed by atoms with Crippen LogP contribution in [0.4, 0.5) is 5.69 Å². The van der Waals surface area contributed by atoms with E-state index in [1.807, 2.05) is 0 Å². The van der Waals surface area contributed by atoms with Crippen molar-refractivity contribution in [3.63, 3.8) is 0 Å². The lowest BCUT2D eigenvalue weighted by molar-refractivity contribution is -0.117. The summed E-state index contributed by atoms with van der Waals surface area (Å²) < 4.78 is 22.9. The molecule has 1 rings (SSSR count). The molecule has 12 nitrogen and oxygen atoms in total. The number of benzene rings is 1. The molecule has 0 fully saturated rings. The first-order valence-electron chi connectivity index (χ1n) is 11.1. The fourth-order valence-corrected chi connectivity index (χ4v) is 7.29. The van der Waals surface area contributed by atoms with Crippen LogP contribution < -0.4 is 15.5 Å². The monoisotopic (exact) mass is 824 g/mol. The summed E-state index contributed by atoms with van der Waals surface area (Å²) in [6.45, 7) is -6.72. The van der Waals surface area contributed by atoms with E-state index < -0.39 is 69.3 Å². The lowest BCUT2D eigenvalue weighted by atomic mass is 10.1. The minimum Gasteiger partial charge on any atom is -0.394 e. The maximum Gasteiger partial charge on any atom is 0.253 e. The summed E-state index contributed by atoms with van der Waals surface area (Å²) in [6.07, 6.45) is -4.15. The van der Waals surface area contributed by atoms with Gasteiger partial charge in [0.1, 0.15) is 0 Å². The minimum atomic E-state index is -3.19. The molecule has 0 saturated carbocycles. The first-order valence-corrected chi connectivity index (χ1v) is 12.8. The number of aliphatic hydroxyl groups is 6. The maximum atomic E-state index is 13.1. The van der Waals surface area contributed by atoms with E-state index in [1.54, 1.807) is 67.8 Å². The van der Waals surface area contributed by atoms with Crippen LogP contribution in [-0.4, -0.2) is 106 Å². The smallest absolute Gasteiger partial charge is 0.253 e. The van der Waals surface area contributed by atoms with E-state index in [9.17, 15) is 34.8 Å². The molecule has 192 valence electrons. The third kappa shape index (κ3) is 8.32. The van der Waals surface area contributed by atoms with Gasteiger partial charge in [0.15, 0.2) is 0 Å². The van der Waals surface area contributed by atoms with Crippen LogP contribution in [0.15, 0.2) is 0 Å². The van der Waals surface area contributed by atoms with Crippen molar-refractivity contribution in [2.24, 2.45) is 0 Å². The number of nitrogens with one attached hydrogen (secondary N) is 2. The van der Waals surface area contributed by atoms with Gasteiger partial charge in [-0.15, -0.1) is 0 Å². The van der Waals surface area contributed by atoms with Gasteiger partial charge in [0.25, 0.3) is 11.8 Å². The Balaban J connectivity index is 3.90. The second-order valence-electron chi connectivity index (χ2n) is 6.89. The second-order valence-corrected chi connectivity index (χ2v) is 10.1. The Labute approximate surface area is 240 Å². The number of aliphatic hydroxyl groups excluding tert-OH is 6. The van der Waals surface area contributed by atoms with Crippen molar-refractivity contribution < 1.29 is 49.1 Å². The molecule has 0 saturated heterocycles. The van der Waals surface area contributed by atoms with Crippen molar-refractivity contribution in [1.29, 1.82) is 0 Å². The van der Waals surface area contributed by atoms with E-state index in [2.05, 4.69) is 10.6 Å². The third-order valence-electron chi connectivity index (χ3n) is 4.29. The van der Waals surface area contributed by atoms with Crippen LogP contribution in [0.3, 0.4) is 0 Å². The molecule has 0 bridgehead atoms. The number of carbonyl (C=O) groups is 3. The zero-order chi connectivity index (χ0) is 28.7. The average molecular weight is 824 g/mol. The highest BCUT2D eigenvalue weighted by Crippen LogP contribution is 2.38. The van der Waals surface area contributed by atoms with Gasteiger partial charge in [0.05, 0.1) is 68.6 Å². The number of halogens is 3. The van der Waals surface area contributed by atoms with Crippen LogP contribution in [0.2, 0.25) is 0 Å². The van der Waals surface area contributed by atoms with Gasteiger partial charge in [0, 0.05) is 27.6 Å². The molecule has 1 aromatic rings. The normalized spacial score (nSPS) is 15.4. The number of rotatable bonds is 12. The zero-order valence-corrected chi connectivity index (χ0v) is 23.9. The first-order chi connectivity index (χ1) is 17.1.